The highest BCUT2D eigenvalue weighted by molar-refractivity contribution is 7.80. The molecular formula is C18H14BN5O2S. The Balaban J connectivity index is 1.51. The van der Waals surface area contributed by atoms with Gasteiger partial charge in [0.25, 0.3) is 0 Å². The third-order valence-electron chi connectivity index (χ3n) is 3.84. The van der Waals surface area contributed by atoms with Crippen LogP contribution in [0.2, 0.25) is 0 Å². The number of hydrogen-bond donors (Lipinski definition) is 3. The average Bonchev–Trinajstić information content (AvgIpc) is 3.09. The molecule has 0 radical (unpaired) electrons. The van der Waals surface area contributed by atoms with Gasteiger partial charge < -0.3 is 20.2 Å². The molecule has 0 aliphatic carbocycles. The van der Waals surface area contributed by atoms with Crippen molar-refractivity contribution in [3.8, 4) is 17.3 Å². The van der Waals surface area contributed by atoms with Gasteiger partial charge in [0, 0.05) is 18.0 Å². The lowest BCUT2D eigenvalue weighted by Gasteiger charge is -2.11. The minimum Gasteiger partial charge on any atom is -0.508 e. The monoisotopic (exact) mass is 375 g/mol. The summed E-state index contributed by atoms with van der Waals surface area (Å²) in [6.45, 7) is 0. The molecule has 0 aliphatic heterocycles. The molecule has 3 heterocycles. The Morgan fingerprint density at radius 1 is 1.07 bits per heavy atom. The molecule has 4 rings (SSSR count). The van der Waals surface area contributed by atoms with E-state index in [9.17, 15) is 5.11 Å². The van der Waals surface area contributed by atoms with Crippen molar-refractivity contribution in [2.75, 3.05) is 10.6 Å². The zero-order chi connectivity index (χ0) is 18.8. The fraction of sp³-hybridized carbons (Fsp3) is 0. The van der Waals surface area contributed by atoms with Crippen LogP contribution in [0.1, 0.15) is 0 Å². The summed E-state index contributed by atoms with van der Waals surface area (Å²) in [7, 11) is 1.83. The van der Waals surface area contributed by atoms with Crippen molar-refractivity contribution >= 4 is 53.4 Å². The highest BCUT2D eigenvalue weighted by atomic mass is 32.1. The molecule has 0 saturated carbocycles. The Labute approximate surface area is 160 Å². The van der Waals surface area contributed by atoms with Gasteiger partial charge >= 0.3 is 0 Å². The van der Waals surface area contributed by atoms with E-state index in [0.717, 1.165) is 5.46 Å². The van der Waals surface area contributed by atoms with Crippen molar-refractivity contribution in [1.29, 1.82) is 0 Å². The minimum atomic E-state index is 0.201. The summed E-state index contributed by atoms with van der Waals surface area (Å²) < 4.78 is 5.69. The number of aromatic hydroxyl groups is 1. The lowest BCUT2D eigenvalue weighted by Crippen LogP contribution is -2.20. The van der Waals surface area contributed by atoms with E-state index in [1.807, 2.05) is 20.0 Å². The summed E-state index contributed by atoms with van der Waals surface area (Å²) in [4.78, 5) is 13.0. The fourth-order valence-electron chi connectivity index (χ4n) is 2.47. The zero-order valence-electron chi connectivity index (χ0n) is 14.3. The molecule has 132 valence electrons. The third kappa shape index (κ3) is 3.72. The first-order valence-electron chi connectivity index (χ1n) is 8.15. The number of pyridine rings is 2. The highest BCUT2D eigenvalue weighted by Gasteiger charge is 2.11. The Morgan fingerprint density at radius 3 is 2.78 bits per heavy atom. The molecule has 3 aromatic heterocycles. The number of phenols is 1. The van der Waals surface area contributed by atoms with Crippen molar-refractivity contribution in [1.82, 2.24) is 15.0 Å². The average molecular weight is 375 g/mol. The van der Waals surface area contributed by atoms with E-state index in [4.69, 9.17) is 16.6 Å². The van der Waals surface area contributed by atoms with Crippen LogP contribution < -0.4 is 16.1 Å². The van der Waals surface area contributed by atoms with Gasteiger partial charge in [0.05, 0.1) is 0 Å². The SMILES string of the molecule is Bc1ccc(NC(=S)Nc2cccc(-c3nc4ncccc4o3)n2)cc1O. The predicted molar refractivity (Wildman–Crippen MR) is 111 cm³/mol. The number of nitrogens with one attached hydrogen (secondary N) is 2. The van der Waals surface area contributed by atoms with Gasteiger partial charge in [0.2, 0.25) is 5.89 Å². The van der Waals surface area contributed by atoms with Gasteiger partial charge in [-0.05, 0) is 48.0 Å². The zero-order valence-corrected chi connectivity index (χ0v) is 15.1. The standard InChI is InChI=1S/C18H14BN5O2S/c19-11-7-6-10(9-13(11)25)21-18(27)23-15-5-1-3-12(22-15)17-24-16-14(26-17)4-2-8-20-16/h1-9,25H,19H2,(H2,21,22,23,27). The molecule has 3 N–H and O–H groups in total. The van der Waals surface area contributed by atoms with Gasteiger partial charge in [-0.3, -0.25) is 0 Å². The molecule has 1 aromatic carbocycles. The largest absolute Gasteiger partial charge is 0.508 e. The maximum Gasteiger partial charge on any atom is 0.247 e. The van der Waals surface area contributed by atoms with Crippen LogP contribution in [0.4, 0.5) is 11.5 Å². The number of hydrogen-bond acceptors (Lipinski definition) is 6. The number of oxazole rings is 1. The maximum absolute atomic E-state index is 9.79. The van der Waals surface area contributed by atoms with Crippen molar-refractivity contribution < 1.29 is 9.52 Å². The number of benzene rings is 1. The lowest BCUT2D eigenvalue weighted by molar-refractivity contribution is 0.480. The topological polar surface area (TPSA) is 96.1 Å². The minimum absolute atomic E-state index is 0.201. The summed E-state index contributed by atoms with van der Waals surface area (Å²) >= 11 is 5.31. The molecule has 27 heavy (non-hydrogen) atoms. The fourth-order valence-corrected chi connectivity index (χ4v) is 2.69. The molecule has 0 aliphatic rings. The summed E-state index contributed by atoms with van der Waals surface area (Å²) in [6, 6.07) is 14.2. The molecule has 0 spiro atoms. The Bertz CT molecular complexity index is 1110. The van der Waals surface area contributed by atoms with Crippen LogP contribution in [0.3, 0.4) is 0 Å². The molecule has 0 saturated heterocycles. The van der Waals surface area contributed by atoms with Crippen LogP contribution in [0, 0.1) is 0 Å². The molecule has 0 bridgehead atoms. The van der Waals surface area contributed by atoms with Crippen molar-refractivity contribution in [3.63, 3.8) is 0 Å². The molecule has 0 fully saturated rings. The van der Waals surface area contributed by atoms with Gasteiger partial charge in [-0.15, -0.1) is 0 Å². The van der Waals surface area contributed by atoms with E-state index in [-0.39, 0.29) is 5.75 Å². The summed E-state index contributed by atoms with van der Waals surface area (Å²) in [6.07, 6.45) is 1.66. The normalized spacial score (nSPS) is 10.7. The second-order valence-electron chi connectivity index (χ2n) is 5.83. The number of aromatic nitrogens is 3. The van der Waals surface area contributed by atoms with Gasteiger partial charge in [-0.2, -0.15) is 4.98 Å². The molecule has 4 aromatic rings. The number of rotatable bonds is 3. The van der Waals surface area contributed by atoms with E-state index in [2.05, 4.69) is 25.6 Å². The first-order valence-corrected chi connectivity index (χ1v) is 8.56. The van der Waals surface area contributed by atoms with Gasteiger partial charge in [0.15, 0.2) is 16.3 Å². The number of nitrogens with zero attached hydrogens (tertiary/aromatic N) is 3. The molecule has 0 atom stereocenters. The smallest absolute Gasteiger partial charge is 0.247 e. The van der Waals surface area contributed by atoms with Crippen molar-refractivity contribution in [2.24, 2.45) is 0 Å². The Morgan fingerprint density at radius 2 is 1.96 bits per heavy atom. The highest BCUT2D eigenvalue weighted by Crippen LogP contribution is 2.22. The molecule has 0 amide bonds. The van der Waals surface area contributed by atoms with Crippen LogP contribution in [0.15, 0.2) is 59.1 Å². The lowest BCUT2D eigenvalue weighted by atomic mass is 9.95. The van der Waals surface area contributed by atoms with Crippen LogP contribution in [0.25, 0.3) is 22.8 Å². The molecule has 9 heteroatoms. The quantitative estimate of drug-likeness (QED) is 0.370. The summed E-state index contributed by atoms with van der Waals surface area (Å²) in [5.74, 6) is 1.12. The Kier molecular flexibility index (Phi) is 4.43. The van der Waals surface area contributed by atoms with E-state index < -0.39 is 0 Å². The first-order chi connectivity index (χ1) is 13.1. The maximum atomic E-state index is 9.79. The van der Waals surface area contributed by atoms with Gasteiger partial charge in [0.1, 0.15) is 25.1 Å². The van der Waals surface area contributed by atoms with Crippen LogP contribution in [-0.4, -0.2) is 33.0 Å². The first kappa shape index (κ1) is 17.0. The molecule has 0 unspecified atom stereocenters. The van der Waals surface area contributed by atoms with Crippen LogP contribution >= 0.6 is 12.2 Å². The van der Waals surface area contributed by atoms with Gasteiger partial charge in [-0.25, -0.2) is 9.97 Å². The van der Waals surface area contributed by atoms with Crippen LogP contribution in [0.5, 0.6) is 5.75 Å². The number of anilines is 2. The second kappa shape index (κ2) is 7.04. The predicted octanol–water partition coefficient (Wildman–Crippen LogP) is 2.06. The van der Waals surface area contributed by atoms with Crippen molar-refractivity contribution in [2.45, 2.75) is 0 Å². The van der Waals surface area contributed by atoms with E-state index in [1.54, 1.807) is 42.6 Å². The molecule has 7 nitrogen and oxygen atoms in total. The third-order valence-corrected chi connectivity index (χ3v) is 4.05. The van der Waals surface area contributed by atoms with Crippen molar-refractivity contribution in [3.05, 3.63) is 54.7 Å². The summed E-state index contributed by atoms with van der Waals surface area (Å²) in [5.41, 5.74) is 3.17. The summed E-state index contributed by atoms with van der Waals surface area (Å²) in [5, 5.41) is 16.2. The van der Waals surface area contributed by atoms with E-state index in [1.165, 1.54) is 0 Å². The second-order valence-corrected chi connectivity index (χ2v) is 6.24. The Hall–Kier alpha value is -3.46. The van der Waals surface area contributed by atoms with E-state index >= 15 is 0 Å². The number of phenolic OH excluding ortho intramolecular Hbond substituents is 1. The molecular weight excluding hydrogens is 361 g/mol. The van der Waals surface area contributed by atoms with Crippen LogP contribution in [-0.2, 0) is 0 Å². The van der Waals surface area contributed by atoms with E-state index in [0.29, 0.717) is 39.4 Å². The number of thiocarbonyl (C=S) groups is 1. The number of fused-ring (bicyclic) bond motifs is 1. The van der Waals surface area contributed by atoms with Gasteiger partial charge in [-0.1, -0.05) is 12.1 Å².